The molecule has 6 heteroatoms. The van der Waals surface area contributed by atoms with Crippen LogP contribution in [0.1, 0.15) is 56.2 Å². The van der Waals surface area contributed by atoms with Crippen molar-refractivity contribution in [2.45, 2.75) is 57.0 Å². The van der Waals surface area contributed by atoms with E-state index < -0.39 is 0 Å². The molecule has 3 rings (SSSR count). The quantitative estimate of drug-likeness (QED) is 0.897. The maximum atomic E-state index is 12.0. The molecule has 1 aromatic heterocycles. The molecule has 2 heterocycles. The molecule has 1 amide bonds. The van der Waals surface area contributed by atoms with E-state index in [0.29, 0.717) is 44.2 Å². The average Bonchev–Trinajstić information content (AvgIpc) is 3.16. The van der Waals surface area contributed by atoms with Crippen LogP contribution in [0.15, 0.2) is 4.52 Å². The number of hydrogen-bond donors (Lipinski definition) is 1. The lowest BCUT2D eigenvalue weighted by molar-refractivity contribution is -0.130. The number of carbonyl (C=O) groups excluding carboxylic acids is 1. The van der Waals surface area contributed by atoms with Crippen LogP contribution in [0.25, 0.3) is 0 Å². The number of β-amino-alcohol motifs (C(OH)–C–C–N with tert-alkyl or cyclic N) is 1. The zero-order valence-corrected chi connectivity index (χ0v) is 11.6. The molecule has 0 bridgehead atoms. The van der Waals surface area contributed by atoms with Gasteiger partial charge in [-0.3, -0.25) is 4.79 Å². The topological polar surface area (TPSA) is 79.5 Å². The van der Waals surface area contributed by atoms with Gasteiger partial charge in [-0.1, -0.05) is 18.0 Å². The molecule has 2 aliphatic rings. The van der Waals surface area contributed by atoms with Gasteiger partial charge in [-0.2, -0.15) is 4.98 Å². The Bertz CT molecular complexity index is 468. The maximum Gasteiger partial charge on any atom is 0.227 e. The van der Waals surface area contributed by atoms with Crippen molar-refractivity contribution in [2.75, 3.05) is 13.1 Å². The van der Waals surface area contributed by atoms with Crippen molar-refractivity contribution in [1.82, 2.24) is 15.0 Å². The fourth-order valence-corrected chi connectivity index (χ4v) is 3.06. The van der Waals surface area contributed by atoms with Crippen molar-refractivity contribution in [2.24, 2.45) is 0 Å². The molecule has 110 valence electrons. The van der Waals surface area contributed by atoms with Crippen molar-refractivity contribution in [3.8, 4) is 0 Å². The number of aromatic nitrogens is 2. The Morgan fingerprint density at radius 2 is 2.15 bits per heavy atom. The molecule has 1 aliphatic heterocycles. The molecule has 1 N–H and O–H groups in total. The molecule has 0 radical (unpaired) electrons. The zero-order chi connectivity index (χ0) is 13.9. The van der Waals surface area contributed by atoms with E-state index in [2.05, 4.69) is 10.1 Å². The summed E-state index contributed by atoms with van der Waals surface area (Å²) < 4.78 is 5.23. The van der Waals surface area contributed by atoms with Gasteiger partial charge in [-0.05, 0) is 19.3 Å². The molecule has 6 nitrogen and oxygen atoms in total. The number of aryl methyl sites for hydroxylation is 1. The highest BCUT2D eigenvalue weighted by Gasteiger charge is 2.25. The normalized spacial score (nSPS) is 23.6. The lowest BCUT2D eigenvalue weighted by Crippen LogP contribution is -2.29. The van der Waals surface area contributed by atoms with Crippen LogP contribution >= 0.6 is 0 Å². The van der Waals surface area contributed by atoms with Gasteiger partial charge >= 0.3 is 0 Å². The first-order valence-corrected chi connectivity index (χ1v) is 7.50. The molecule has 1 aliphatic carbocycles. The first-order chi connectivity index (χ1) is 9.72. The summed E-state index contributed by atoms with van der Waals surface area (Å²) in [4.78, 5) is 18.1. The van der Waals surface area contributed by atoms with Gasteiger partial charge in [0.05, 0.1) is 6.10 Å². The second kappa shape index (κ2) is 5.91. The van der Waals surface area contributed by atoms with E-state index in [1.54, 1.807) is 4.90 Å². The van der Waals surface area contributed by atoms with E-state index >= 15 is 0 Å². The summed E-state index contributed by atoms with van der Waals surface area (Å²) in [5.74, 6) is 1.86. The van der Waals surface area contributed by atoms with Crippen LogP contribution < -0.4 is 0 Å². The van der Waals surface area contributed by atoms with Crippen LogP contribution in [0.5, 0.6) is 0 Å². The second-order valence-electron chi connectivity index (χ2n) is 5.81. The van der Waals surface area contributed by atoms with Crippen LogP contribution in [0.2, 0.25) is 0 Å². The number of aliphatic hydroxyl groups is 1. The van der Waals surface area contributed by atoms with Crippen molar-refractivity contribution in [3.05, 3.63) is 11.7 Å². The second-order valence-corrected chi connectivity index (χ2v) is 5.81. The van der Waals surface area contributed by atoms with Crippen LogP contribution in [0, 0.1) is 0 Å². The number of aliphatic hydroxyl groups excluding tert-OH is 1. The third-order valence-electron chi connectivity index (χ3n) is 4.27. The third-order valence-corrected chi connectivity index (χ3v) is 4.27. The summed E-state index contributed by atoms with van der Waals surface area (Å²) in [6, 6.07) is 0. The van der Waals surface area contributed by atoms with Gasteiger partial charge in [0.15, 0.2) is 5.82 Å². The Balaban J connectivity index is 1.49. The zero-order valence-electron chi connectivity index (χ0n) is 11.6. The Morgan fingerprint density at radius 3 is 2.85 bits per heavy atom. The molecule has 1 saturated heterocycles. The van der Waals surface area contributed by atoms with E-state index in [0.717, 1.165) is 18.7 Å². The predicted molar refractivity (Wildman–Crippen MR) is 71.0 cm³/mol. The summed E-state index contributed by atoms with van der Waals surface area (Å²) in [5, 5.41) is 13.5. The SMILES string of the molecule is O=C(CCc1nc(C2CCCC2)no1)N1CC[C@@H](O)C1. The Morgan fingerprint density at radius 1 is 1.35 bits per heavy atom. The Kier molecular flexibility index (Phi) is 4.00. The molecule has 0 spiro atoms. The minimum atomic E-state index is -0.365. The van der Waals surface area contributed by atoms with Gasteiger partial charge in [-0.25, -0.2) is 0 Å². The molecular weight excluding hydrogens is 258 g/mol. The summed E-state index contributed by atoms with van der Waals surface area (Å²) >= 11 is 0. The number of amides is 1. The molecule has 1 atom stereocenters. The average molecular weight is 279 g/mol. The number of nitrogens with zero attached hydrogens (tertiary/aromatic N) is 3. The largest absolute Gasteiger partial charge is 0.391 e. The van der Waals surface area contributed by atoms with E-state index in [9.17, 15) is 9.90 Å². The molecule has 0 unspecified atom stereocenters. The molecule has 1 aromatic rings. The fraction of sp³-hybridized carbons (Fsp3) is 0.786. The predicted octanol–water partition coefficient (Wildman–Crippen LogP) is 1.25. The molecule has 2 fully saturated rings. The van der Waals surface area contributed by atoms with Crippen molar-refractivity contribution >= 4 is 5.91 Å². The minimum absolute atomic E-state index is 0.0576. The van der Waals surface area contributed by atoms with Gasteiger partial charge in [0, 0.05) is 31.8 Å². The summed E-state index contributed by atoms with van der Waals surface area (Å²) in [6.45, 7) is 1.10. The van der Waals surface area contributed by atoms with Crippen LogP contribution in [-0.2, 0) is 11.2 Å². The van der Waals surface area contributed by atoms with Crippen LogP contribution in [-0.4, -0.2) is 45.2 Å². The van der Waals surface area contributed by atoms with Crippen LogP contribution in [0.3, 0.4) is 0 Å². The van der Waals surface area contributed by atoms with Gasteiger partial charge < -0.3 is 14.5 Å². The van der Waals surface area contributed by atoms with E-state index in [4.69, 9.17) is 4.52 Å². The van der Waals surface area contributed by atoms with Gasteiger partial charge in [0.1, 0.15) is 0 Å². The molecule has 0 aromatic carbocycles. The smallest absolute Gasteiger partial charge is 0.227 e. The van der Waals surface area contributed by atoms with Gasteiger partial charge in [-0.15, -0.1) is 0 Å². The van der Waals surface area contributed by atoms with Gasteiger partial charge in [0.2, 0.25) is 11.8 Å². The third kappa shape index (κ3) is 3.00. The molecular formula is C14H21N3O3. The highest BCUT2D eigenvalue weighted by molar-refractivity contribution is 5.76. The van der Waals surface area contributed by atoms with E-state index in [1.165, 1.54) is 12.8 Å². The summed E-state index contributed by atoms with van der Waals surface area (Å²) in [5.41, 5.74) is 0. The van der Waals surface area contributed by atoms with E-state index in [1.807, 2.05) is 0 Å². The summed E-state index contributed by atoms with van der Waals surface area (Å²) in [7, 11) is 0. The van der Waals surface area contributed by atoms with Crippen molar-refractivity contribution < 1.29 is 14.4 Å². The molecule has 20 heavy (non-hydrogen) atoms. The first-order valence-electron chi connectivity index (χ1n) is 7.50. The van der Waals surface area contributed by atoms with E-state index in [-0.39, 0.29) is 12.0 Å². The monoisotopic (exact) mass is 279 g/mol. The van der Waals surface area contributed by atoms with Crippen LogP contribution in [0.4, 0.5) is 0 Å². The first kappa shape index (κ1) is 13.5. The summed E-state index contributed by atoms with van der Waals surface area (Å²) in [6.07, 6.45) is 5.95. The highest BCUT2D eigenvalue weighted by atomic mass is 16.5. The van der Waals surface area contributed by atoms with Crippen molar-refractivity contribution in [3.63, 3.8) is 0 Å². The lowest BCUT2D eigenvalue weighted by atomic mass is 10.1. The van der Waals surface area contributed by atoms with Crippen molar-refractivity contribution in [1.29, 1.82) is 0 Å². The number of likely N-dealkylation sites (tertiary alicyclic amines) is 1. The number of rotatable bonds is 4. The molecule has 1 saturated carbocycles. The Labute approximate surface area is 118 Å². The number of hydrogen-bond acceptors (Lipinski definition) is 5. The highest BCUT2D eigenvalue weighted by Crippen LogP contribution is 2.32. The lowest BCUT2D eigenvalue weighted by Gasteiger charge is -2.14. The Hall–Kier alpha value is -1.43. The maximum absolute atomic E-state index is 12.0. The standard InChI is InChI=1S/C14H21N3O3/c18-11-7-8-17(9-11)13(19)6-5-12-15-14(16-20-12)10-3-1-2-4-10/h10-11,18H,1-9H2/t11-/m1/s1. The minimum Gasteiger partial charge on any atom is -0.391 e. The van der Waals surface area contributed by atoms with Gasteiger partial charge in [0.25, 0.3) is 0 Å². The number of carbonyl (C=O) groups is 1. The fourth-order valence-electron chi connectivity index (χ4n) is 3.06.